The van der Waals surface area contributed by atoms with E-state index in [2.05, 4.69) is 10.3 Å². The third-order valence-corrected chi connectivity index (χ3v) is 4.69. The largest absolute Gasteiger partial charge is 0.497 e. The molecule has 1 N–H and O–H groups in total. The first kappa shape index (κ1) is 17.1. The van der Waals surface area contributed by atoms with Gasteiger partial charge in [0.05, 0.1) is 25.6 Å². The number of carbonyl (C=O) groups excluding carboxylic acids is 1. The number of imidazole rings is 1. The topological polar surface area (TPSA) is 65.4 Å². The first-order valence-electron chi connectivity index (χ1n) is 8.45. The molecule has 1 atom stereocenters. The van der Waals surface area contributed by atoms with E-state index in [0.717, 1.165) is 16.9 Å². The zero-order valence-corrected chi connectivity index (χ0v) is 14.9. The molecular formula is C20H18FN3O3. The van der Waals surface area contributed by atoms with Gasteiger partial charge in [-0.15, -0.1) is 0 Å². The van der Waals surface area contributed by atoms with E-state index in [1.54, 1.807) is 43.3 Å². The predicted octanol–water partition coefficient (Wildman–Crippen LogP) is 3.50. The number of amides is 1. The van der Waals surface area contributed by atoms with Gasteiger partial charge in [-0.1, -0.05) is 12.1 Å². The molecule has 0 spiro atoms. The summed E-state index contributed by atoms with van der Waals surface area (Å²) in [6.07, 6.45) is 1.91. The lowest BCUT2D eigenvalue weighted by atomic mass is 9.90. The molecule has 1 aromatic heterocycles. The van der Waals surface area contributed by atoms with Crippen molar-refractivity contribution in [2.45, 2.75) is 12.3 Å². The van der Waals surface area contributed by atoms with Crippen LogP contribution in [0.25, 0.3) is 5.69 Å². The van der Waals surface area contributed by atoms with Gasteiger partial charge in [0.15, 0.2) is 0 Å². The van der Waals surface area contributed by atoms with Crippen LogP contribution in [0.4, 0.5) is 10.2 Å². The van der Waals surface area contributed by atoms with E-state index in [1.165, 1.54) is 12.1 Å². The standard InChI is InChI=1S/C20H18FN3O3/c1-26-14-7-8-16(17(9-14)27-2)24-11-22-19-15(10-18(25)23-20(19)24)12-3-5-13(21)6-4-12/h3-9,11,15H,10H2,1-2H3,(H,23,25)/t15-/m1/s1. The highest BCUT2D eigenvalue weighted by Crippen LogP contribution is 2.39. The number of halogens is 1. The molecule has 0 saturated heterocycles. The number of nitrogens with zero attached hydrogens (tertiary/aromatic N) is 2. The normalized spacial score (nSPS) is 15.8. The molecule has 0 fully saturated rings. The maximum atomic E-state index is 13.3. The minimum absolute atomic E-state index is 0.119. The molecule has 1 aliphatic heterocycles. The highest BCUT2D eigenvalue weighted by molar-refractivity contribution is 5.94. The summed E-state index contributed by atoms with van der Waals surface area (Å²) in [7, 11) is 3.16. The van der Waals surface area contributed by atoms with Crippen LogP contribution in [0, 0.1) is 5.82 Å². The molecule has 1 aliphatic rings. The SMILES string of the molecule is COc1ccc(-n2cnc3c2NC(=O)C[C@@H]3c2ccc(F)cc2)c(OC)c1. The van der Waals surface area contributed by atoms with Crippen LogP contribution in [0.15, 0.2) is 48.8 Å². The predicted molar refractivity (Wildman–Crippen MR) is 98.2 cm³/mol. The minimum atomic E-state index is -0.312. The quantitative estimate of drug-likeness (QED) is 0.766. The Bertz CT molecular complexity index is 998. The summed E-state index contributed by atoms with van der Waals surface area (Å²) in [5.41, 5.74) is 2.31. The number of hydrogen-bond donors (Lipinski definition) is 1. The number of aromatic nitrogens is 2. The Hall–Kier alpha value is -3.35. The number of rotatable bonds is 4. The fourth-order valence-corrected chi connectivity index (χ4v) is 3.34. The van der Waals surface area contributed by atoms with E-state index >= 15 is 0 Å². The Morgan fingerprint density at radius 1 is 1.15 bits per heavy atom. The van der Waals surface area contributed by atoms with Crippen molar-refractivity contribution in [3.05, 3.63) is 65.9 Å². The molecule has 6 nitrogen and oxygen atoms in total. The fourth-order valence-electron chi connectivity index (χ4n) is 3.34. The Morgan fingerprint density at radius 3 is 2.63 bits per heavy atom. The highest BCUT2D eigenvalue weighted by Gasteiger charge is 2.31. The number of nitrogens with one attached hydrogen (secondary N) is 1. The van der Waals surface area contributed by atoms with Crippen molar-refractivity contribution in [2.75, 3.05) is 19.5 Å². The Balaban J connectivity index is 1.81. The van der Waals surface area contributed by atoms with Crippen LogP contribution >= 0.6 is 0 Å². The number of carbonyl (C=O) groups is 1. The van der Waals surface area contributed by atoms with Gasteiger partial charge in [0.1, 0.15) is 29.5 Å². The number of ether oxygens (including phenoxy) is 2. The fraction of sp³-hybridized carbons (Fsp3) is 0.200. The summed E-state index contributed by atoms with van der Waals surface area (Å²) < 4.78 is 25.8. The molecule has 2 heterocycles. The van der Waals surface area contributed by atoms with Crippen LogP contribution in [0.1, 0.15) is 23.6 Å². The summed E-state index contributed by atoms with van der Waals surface area (Å²) in [5.74, 6) is 1.17. The molecule has 0 bridgehead atoms. The third-order valence-electron chi connectivity index (χ3n) is 4.69. The van der Waals surface area contributed by atoms with E-state index in [-0.39, 0.29) is 24.1 Å². The number of methoxy groups -OCH3 is 2. The van der Waals surface area contributed by atoms with Gasteiger partial charge < -0.3 is 14.8 Å². The first-order chi connectivity index (χ1) is 13.1. The van der Waals surface area contributed by atoms with Crippen LogP contribution in [0.5, 0.6) is 11.5 Å². The van der Waals surface area contributed by atoms with E-state index in [1.807, 2.05) is 12.1 Å². The Kier molecular flexibility index (Phi) is 4.27. The number of hydrogen-bond acceptors (Lipinski definition) is 4. The maximum Gasteiger partial charge on any atom is 0.226 e. The van der Waals surface area contributed by atoms with E-state index < -0.39 is 0 Å². The van der Waals surface area contributed by atoms with Crippen LogP contribution in [0.3, 0.4) is 0 Å². The molecule has 27 heavy (non-hydrogen) atoms. The van der Waals surface area contributed by atoms with Gasteiger partial charge in [-0.2, -0.15) is 0 Å². The van der Waals surface area contributed by atoms with E-state index in [4.69, 9.17) is 9.47 Å². The number of fused-ring (bicyclic) bond motifs is 1. The summed E-state index contributed by atoms with van der Waals surface area (Å²) in [6.45, 7) is 0. The lowest BCUT2D eigenvalue weighted by Gasteiger charge is -2.23. The van der Waals surface area contributed by atoms with Crippen LogP contribution in [-0.4, -0.2) is 29.7 Å². The molecule has 138 valence electrons. The van der Waals surface area contributed by atoms with Crippen LogP contribution in [-0.2, 0) is 4.79 Å². The van der Waals surface area contributed by atoms with Gasteiger partial charge in [-0.05, 0) is 29.8 Å². The second-order valence-corrected chi connectivity index (χ2v) is 6.24. The lowest BCUT2D eigenvalue weighted by molar-refractivity contribution is -0.116. The molecule has 3 aromatic rings. The van der Waals surface area contributed by atoms with Gasteiger partial charge >= 0.3 is 0 Å². The molecule has 0 aliphatic carbocycles. The molecular weight excluding hydrogens is 349 g/mol. The molecule has 2 aromatic carbocycles. The van der Waals surface area contributed by atoms with Crippen molar-refractivity contribution in [2.24, 2.45) is 0 Å². The molecule has 1 amide bonds. The van der Waals surface area contributed by atoms with Crippen molar-refractivity contribution in [3.8, 4) is 17.2 Å². The average molecular weight is 367 g/mol. The molecule has 4 rings (SSSR count). The van der Waals surface area contributed by atoms with Crippen molar-refractivity contribution in [1.29, 1.82) is 0 Å². The second kappa shape index (κ2) is 6.75. The number of benzene rings is 2. The van der Waals surface area contributed by atoms with Gasteiger partial charge in [0.25, 0.3) is 0 Å². The Morgan fingerprint density at radius 2 is 1.93 bits per heavy atom. The summed E-state index contributed by atoms with van der Waals surface area (Å²) in [5, 5.41) is 2.90. The maximum absolute atomic E-state index is 13.3. The number of anilines is 1. The highest BCUT2D eigenvalue weighted by atomic mass is 19.1. The zero-order chi connectivity index (χ0) is 19.0. The lowest BCUT2D eigenvalue weighted by Crippen LogP contribution is -2.25. The van der Waals surface area contributed by atoms with Crippen molar-refractivity contribution in [3.63, 3.8) is 0 Å². The van der Waals surface area contributed by atoms with Crippen LogP contribution in [0.2, 0.25) is 0 Å². The molecule has 0 radical (unpaired) electrons. The second-order valence-electron chi connectivity index (χ2n) is 6.24. The van der Waals surface area contributed by atoms with E-state index in [9.17, 15) is 9.18 Å². The summed E-state index contributed by atoms with van der Waals surface area (Å²) in [4.78, 5) is 16.9. The monoisotopic (exact) mass is 367 g/mol. The van der Waals surface area contributed by atoms with Gasteiger partial charge in [0, 0.05) is 18.4 Å². The van der Waals surface area contributed by atoms with Crippen LogP contribution < -0.4 is 14.8 Å². The van der Waals surface area contributed by atoms with Gasteiger partial charge in [0.2, 0.25) is 5.91 Å². The smallest absolute Gasteiger partial charge is 0.226 e. The van der Waals surface area contributed by atoms with E-state index in [0.29, 0.717) is 17.3 Å². The molecule has 7 heteroatoms. The summed E-state index contributed by atoms with van der Waals surface area (Å²) >= 11 is 0. The molecule has 0 unspecified atom stereocenters. The average Bonchev–Trinajstić information content (AvgIpc) is 3.11. The van der Waals surface area contributed by atoms with Crippen molar-refractivity contribution in [1.82, 2.24) is 9.55 Å². The first-order valence-corrected chi connectivity index (χ1v) is 8.45. The molecule has 0 saturated carbocycles. The third kappa shape index (κ3) is 3.01. The van der Waals surface area contributed by atoms with Crippen molar-refractivity contribution >= 4 is 11.7 Å². The van der Waals surface area contributed by atoms with Gasteiger partial charge in [-0.25, -0.2) is 9.37 Å². The summed E-state index contributed by atoms with van der Waals surface area (Å²) in [6, 6.07) is 11.6. The zero-order valence-electron chi connectivity index (χ0n) is 14.9. The van der Waals surface area contributed by atoms with Crippen molar-refractivity contribution < 1.29 is 18.7 Å². The Labute approximate surface area is 155 Å². The minimum Gasteiger partial charge on any atom is -0.497 e. The van der Waals surface area contributed by atoms with Gasteiger partial charge in [-0.3, -0.25) is 9.36 Å².